The molecule has 0 aliphatic carbocycles. The third-order valence-electron chi connectivity index (χ3n) is 3.57. The quantitative estimate of drug-likeness (QED) is 0.507. The van der Waals surface area contributed by atoms with Gasteiger partial charge in [-0.15, -0.1) is 11.8 Å². The average molecular weight is 385 g/mol. The highest BCUT2D eigenvalue weighted by Crippen LogP contribution is 2.43. The van der Waals surface area contributed by atoms with E-state index in [0.29, 0.717) is 10.6 Å². The number of phenols is 1. The van der Waals surface area contributed by atoms with Crippen LogP contribution in [0, 0.1) is 0 Å². The highest BCUT2D eigenvalue weighted by Gasteiger charge is 2.32. The number of alkyl halides is 3. The third-order valence-corrected chi connectivity index (χ3v) is 4.60. The van der Waals surface area contributed by atoms with E-state index < -0.39 is 11.7 Å². The summed E-state index contributed by atoms with van der Waals surface area (Å²) in [6.45, 7) is 0. The number of rotatable bonds is 3. The van der Waals surface area contributed by atoms with Crippen LogP contribution >= 0.6 is 23.4 Å². The van der Waals surface area contributed by atoms with Crippen LogP contribution in [0.25, 0.3) is 10.8 Å². The number of phenolic OH excluding ortho intramolecular Hbond substituents is 1. The molecule has 0 saturated carbocycles. The van der Waals surface area contributed by atoms with Crippen molar-refractivity contribution in [1.82, 2.24) is 0 Å². The van der Waals surface area contributed by atoms with Crippen LogP contribution in [0.5, 0.6) is 17.2 Å². The van der Waals surface area contributed by atoms with Gasteiger partial charge in [0.2, 0.25) is 0 Å². The molecule has 3 aromatic rings. The molecule has 3 rings (SSSR count). The Labute approximate surface area is 151 Å². The molecule has 0 radical (unpaired) electrons. The van der Waals surface area contributed by atoms with Crippen molar-refractivity contribution in [2.24, 2.45) is 0 Å². The molecular formula is C18H12ClF3O2S. The van der Waals surface area contributed by atoms with E-state index in [-0.39, 0.29) is 16.5 Å². The molecule has 0 heterocycles. The van der Waals surface area contributed by atoms with Gasteiger partial charge in [-0.1, -0.05) is 23.7 Å². The Morgan fingerprint density at radius 2 is 1.68 bits per heavy atom. The van der Waals surface area contributed by atoms with Gasteiger partial charge in [-0.2, -0.15) is 13.2 Å². The van der Waals surface area contributed by atoms with E-state index in [2.05, 4.69) is 0 Å². The third kappa shape index (κ3) is 3.80. The molecular weight excluding hydrogens is 373 g/mol. The van der Waals surface area contributed by atoms with Gasteiger partial charge in [0.15, 0.2) is 5.75 Å². The van der Waals surface area contributed by atoms with Crippen molar-refractivity contribution in [1.29, 1.82) is 0 Å². The maximum Gasteiger partial charge on any atom is 0.416 e. The first-order chi connectivity index (χ1) is 11.8. The molecule has 0 aromatic heterocycles. The molecule has 0 bridgehead atoms. The van der Waals surface area contributed by atoms with Crippen molar-refractivity contribution < 1.29 is 23.0 Å². The van der Waals surface area contributed by atoms with E-state index in [1.165, 1.54) is 0 Å². The zero-order valence-corrected chi connectivity index (χ0v) is 14.5. The summed E-state index contributed by atoms with van der Waals surface area (Å²) in [6, 6.07) is 11.9. The van der Waals surface area contributed by atoms with Crippen LogP contribution in [0.4, 0.5) is 13.2 Å². The maximum absolute atomic E-state index is 12.9. The Hall–Kier alpha value is -2.05. The fraction of sp³-hybridized carbons (Fsp3) is 0.111. The van der Waals surface area contributed by atoms with Crippen molar-refractivity contribution >= 4 is 34.1 Å². The number of aromatic hydroxyl groups is 1. The molecule has 0 saturated heterocycles. The summed E-state index contributed by atoms with van der Waals surface area (Å²) in [5.41, 5.74) is -0.816. The molecule has 1 N–H and O–H groups in total. The number of ether oxygens (including phenoxy) is 1. The minimum absolute atomic E-state index is 0.107. The van der Waals surface area contributed by atoms with E-state index in [4.69, 9.17) is 16.3 Å². The van der Waals surface area contributed by atoms with E-state index in [1.807, 2.05) is 0 Å². The van der Waals surface area contributed by atoms with Gasteiger partial charge in [-0.05, 0) is 53.4 Å². The summed E-state index contributed by atoms with van der Waals surface area (Å²) < 4.78 is 44.5. The zero-order valence-electron chi connectivity index (χ0n) is 12.9. The summed E-state index contributed by atoms with van der Waals surface area (Å²) in [4.78, 5) is 0.297. The Morgan fingerprint density at radius 1 is 1.00 bits per heavy atom. The second-order valence-corrected chi connectivity index (χ2v) is 6.54. The van der Waals surface area contributed by atoms with Crippen molar-refractivity contribution in [2.75, 3.05) is 6.26 Å². The van der Waals surface area contributed by atoms with Gasteiger partial charge >= 0.3 is 6.18 Å². The number of halogens is 4. The van der Waals surface area contributed by atoms with Crippen molar-refractivity contribution in [2.45, 2.75) is 11.1 Å². The molecule has 0 amide bonds. The van der Waals surface area contributed by atoms with Gasteiger partial charge in [0.1, 0.15) is 11.5 Å². The highest BCUT2D eigenvalue weighted by molar-refractivity contribution is 7.98. The largest absolute Gasteiger partial charge is 0.508 e. The molecule has 0 aliphatic rings. The van der Waals surface area contributed by atoms with Gasteiger partial charge in [0, 0.05) is 0 Å². The van der Waals surface area contributed by atoms with E-state index in [0.717, 1.165) is 34.7 Å². The summed E-state index contributed by atoms with van der Waals surface area (Å²) >= 11 is 7.16. The topological polar surface area (TPSA) is 29.5 Å². The smallest absolute Gasteiger partial charge is 0.416 e. The molecule has 25 heavy (non-hydrogen) atoms. The lowest BCUT2D eigenvalue weighted by Gasteiger charge is -2.15. The molecule has 0 fully saturated rings. The summed E-state index contributed by atoms with van der Waals surface area (Å²) in [5, 5.41) is 11.0. The number of benzene rings is 3. The van der Waals surface area contributed by atoms with Gasteiger partial charge in [0.05, 0.1) is 15.5 Å². The number of thioether (sulfide) groups is 1. The second-order valence-electron chi connectivity index (χ2n) is 5.28. The lowest BCUT2D eigenvalue weighted by atomic mass is 10.1. The monoisotopic (exact) mass is 384 g/mol. The standard InChI is InChI=1S/C18H12ClF3O2S/c1-25-16-9-12(18(20,21)22)8-15(19)17(16)24-14-5-3-10-6-13(23)4-2-11(10)7-14/h2-9,23H,1H3. The first-order valence-electron chi connectivity index (χ1n) is 7.13. The van der Waals surface area contributed by atoms with Crippen LogP contribution in [0.1, 0.15) is 5.56 Å². The average Bonchev–Trinajstić information content (AvgIpc) is 2.55. The molecule has 0 spiro atoms. The van der Waals surface area contributed by atoms with Crippen LogP contribution in [0.3, 0.4) is 0 Å². The summed E-state index contributed by atoms with van der Waals surface area (Å²) in [7, 11) is 0. The van der Waals surface area contributed by atoms with Gasteiger partial charge in [-0.3, -0.25) is 0 Å². The van der Waals surface area contributed by atoms with Crippen LogP contribution in [0.2, 0.25) is 5.02 Å². The van der Waals surface area contributed by atoms with Gasteiger partial charge in [-0.25, -0.2) is 0 Å². The first-order valence-corrected chi connectivity index (χ1v) is 8.73. The molecule has 7 heteroatoms. The molecule has 130 valence electrons. The van der Waals surface area contributed by atoms with Crippen LogP contribution in [0.15, 0.2) is 53.4 Å². The number of hydrogen-bond donors (Lipinski definition) is 1. The van der Waals surface area contributed by atoms with Gasteiger partial charge < -0.3 is 9.84 Å². The van der Waals surface area contributed by atoms with E-state index in [9.17, 15) is 18.3 Å². The zero-order chi connectivity index (χ0) is 18.2. The fourth-order valence-corrected chi connectivity index (χ4v) is 3.27. The summed E-state index contributed by atoms with van der Waals surface area (Å²) in [6.07, 6.45) is -2.82. The van der Waals surface area contributed by atoms with Crippen LogP contribution in [-0.2, 0) is 6.18 Å². The summed E-state index contributed by atoms with van der Waals surface area (Å²) in [5.74, 6) is 0.770. The minimum atomic E-state index is -4.47. The fourth-order valence-electron chi connectivity index (χ4n) is 2.38. The van der Waals surface area contributed by atoms with Crippen molar-refractivity contribution in [3.63, 3.8) is 0 Å². The predicted molar refractivity (Wildman–Crippen MR) is 93.9 cm³/mol. The van der Waals surface area contributed by atoms with Crippen LogP contribution < -0.4 is 4.74 Å². The SMILES string of the molecule is CSc1cc(C(F)(F)F)cc(Cl)c1Oc1ccc2cc(O)ccc2c1. The molecule has 0 unspecified atom stereocenters. The molecule has 0 atom stereocenters. The second kappa shape index (κ2) is 6.69. The first kappa shape index (κ1) is 17.8. The normalized spacial score (nSPS) is 11.7. The Kier molecular flexibility index (Phi) is 4.75. The van der Waals surface area contributed by atoms with Crippen LogP contribution in [-0.4, -0.2) is 11.4 Å². The Morgan fingerprint density at radius 3 is 2.36 bits per heavy atom. The lowest BCUT2D eigenvalue weighted by molar-refractivity contribution is -0.137. The van der Waals surface area contributed by atoms with Crippen molar-refractivity contribution in [3.8, 4) is 17.2 Å². The molecule has 3 aromatic carbocycles. The maximum atomic E-state index is 12.9. The van der Waals surface area contributed by atoms with E-state index in [1.54, 1.807) is 42.7 Å². The lowest BCUT2D eigenvalue weighted by Crippen LogP contribution is -2.05. The Bertz CT molecular complexity index is 941. The molecule has 0 aliphatic heterocycles. The highest BCUT2D eigenvalue weighted by atomic mass is 35.5. The predicted octanol–water partition coefficient (Wildman–Crippen LogP) is 6.73. The van der Waals surface area contributed by atoms with Gasteiger partial charge in [0.25, 0.3) is 0 Å². The number of fused-ring (bicyclic) bond motifs is 1. The molecule has 2 nitrogen and oxygen atoms in total. The van der Waals surface area contributed by atoms with E-state index >= 15 is 0 Å². The Balaban J connectivity index is 2.01. The van der Waals surface area contributed by atoms with Crippen molar-refractivity contribution in [3.05, 3.63) is 59.1 Å². The number of hydrogen-bond acceptors (Lipinski definition) is 3. The minimum Gasteiger partial charge on any atom is -0.508 e.